The molecule has 0 spiro atoms. The van der Waals surface area contributed by atoms with Crippen LogP contribution in [0, 0.1) is 11.6 Å². The third-order valence-corrected chi connectivity index (χ3v) is 2.62. The predicted octanol–water partition coefficient (Wildman–Crippen LogP) is 3.39. The summed E-state index contributed by atoms with van der Waals surface area (Å²) in [6, 6.07) is 12.1. The van der Waals surface area contributed by atoms with Gasteiger partial charge in [0.1, 0.15) is 11.6 Å². The first-order chi connectivity index (χ1) is 8.72. The Labute approximate surface area is 103 Å². The van der Waals surface area contributed by atoms with Crippen LogP contribution < -0.4 is 0 Å². The van der Waals surface area contributed by atoms with Crippen molar-refractivity contribution in [1.82, 2.24) is 0 Å². The molecule has 0 fully saturated rings. The molecule has 0 bridgehead atoms. The number of oxime groups is 1. The molecule has 0 heterocycles. The lowest BCUT2D eigenvalue weighted by Crippen LogP contribution is -2.09. The Morgan fingerprint density at radius 3 is 2.17 bits per heavy atom. The summed E-state index contributed by atoms with van der Waals surface area (Å²) in [4.78, 5) is 0. The minimum absolute atomic E-state index is 0.0319. The fourth-order valence-electron chi connectivity index (χ4n) is 1.70. The molecule has 18 heavy (non-hydrogen) atoms. The van der Waals surface area contributed by atoms with E-state index in [0.29, 0.717) is 5.56 Å². The normalized spacial score (nSPS) is 11.6. The Balaban J connectivity index is 2.33. The molecule has 0 unspecified atom stereocenters. The highest BCUT2D eigenvalue weighted by Crippen LogP contribution is 2.14. The molecule has 0 aliphatic carbocycles. The van der Waals surface area contributed by atoms with Gasteiger partial charge in [0, 0.05) is 12.0 Å². The van der Waals surface area contributed by atoms with Crippen LogP contribution in [0.1, 0.15) is 11.1 Å². The third-order valence-electron chi connectivity index (χ3n) is 2.62. The zero-order chi connectivity index (χ0) is 13.0. The van der Waals surface area contributed by atoms with Crippen molar-refractivity contribution in [3.8, 4) is 0 Å². The Morgan fingerprint density at radius 2 is 1.56 bits per heavy atom. The molecule has 92 valence electrons. The summed E-state index contributed by atoms with van der Waals surface area (Å²) >= 11 is 0. The fraction of sp³-hybridized carbons (Fsp3) is 0.0714. The largest absolute Gasteiger partial charge is 0.411 e. The average molecular weight is 247 g/mol. The van der Waals surface area contributed by atoms with E-state index in [1.807, 2.05) is 0 Å². The van der Waals surface area contributed by atoms with E-state index in [1.54, 1.807) is 24.3 Å². The van der Waals surface area contributed by atoms with E-state index in [0.717, 1.165) is 0 Å². The van der Waals surface area contributed by atoms with Crippen molar-refractivity contribution in [2.75, 3.05) is 0 Å². The van der Waals surface area contributed by atoms with Gasteiger partial charge in [-0.15, -0.1) is 0 Å². The molecule has 2 nitrogen and oxygen atoms in total. The molecule has 1 N–H and O–H groups in total. The van der Waals surface area contributed by atoms with Crippen molar-refractivity contribution in [2.45, 2.75) is 6.42 Å². The first-order valence-corrected chi connectivity index (χ1v) is 5.41. The minimum atomic E-state index is -0.498. The first-order valence-electron chi connectivity index (χ1n) is 5.41. The number of benzene rings is 2. The van der Waals surface area contributed by atoms with E-state index in [-0.39, 0.29) is 17.7 Å². The molecule has 4 heteroatoms. The van der Waals surface area contributed by atoms with E-state index in [1.165, 1.54) is 24.3 Å². The van der Waals surface area contributed by atoms with Gasteiger partial charge in [-0.1, -0.05) is 41.6 Å². The number of hydrogen-bond donors (Lipinski definition) is 1. The predicted molar refractivity (Wildman–Crippen MR) is 64.8 cm³/mol. The molecule has 0 amide bonds. The van der Waals surface area contributed by atoms with Crippen molar-refractivity contribution in [3.05, 3.63) is 71.3 Å². The number of hydrogen-bond acceptors (Lipinski definition) is 2. The molecule has 0 aliphatic heterocycles. The van der Waals surface area contributed by atoms with Crippen LogP contribution >= 0.6 is 0 Å². The second-order valence-electron chi connectivity index (χ2n) is 3.79. The summed E-state index contributed by atoms with van der Waals surface area (Å²) in [5, 5.41) is 12.0. The third kappa shape index (κ3) is 2.53. The summed E-state index contributed by atoms with van der Waals surface area (Å²) in [5.41, 5.74) is 0.620. The van der Waals surface area contributed by atoms with Gasteiger partial charge in [0.15, 0.2) is 0 Å². The van der Waals surface area contributed by atoms with Gasteiger partial charge < -0.3 is 5.21 Å². The number of nitrogens with zero attached hydrogens (tertiary/aromatic N) is 1. The Kier molecular flexibility index (Phi) is 3.67. The maximum absolute atomic E-state index is 13.5. The van der Waals surface area contributed by atoms with Crippen LogP contribution in [-0.2, 0) is 6.42 Å². The zero-order valence-electron chi connectivity index (χ0n) is 9.48. The molecular formula is C14H11F2NO. The molecule has 2 aromatic carbocycles. The van der Waals surface area contributed by atoms with E-state index in [4.69, 9.17) is 5.21 Å². The lowest BCUT2D eigenvalue weighted by molar-refractivity contribution is 0.318. The number of halogens is 2. The van der Waals surface area contributed by atoms with Gasteiger partial charge in [-0.3, -0.25) is 0 Å². The van der Waals surface area contributed by atoms with Crippen molar-refractivity contribution in [1.29, 1.82) is 0 Å². The fourth-order valence-corrected chi connectivity index (χ4v) is 1.70. The summed E-state index contributed by atoms with van der Waals surface area (Å²) in [6.07, 6.45) is 0.0319. The monoisotopic (exact) mass is 247 g/mol. The quantitative estimate of drug-likeness (QED) is 0.503. The van der Waals surface area contributed by atoms with Gasteiger partial charge in [-0.25, -0.2) is 8.78 Å². The topological polar surface area (TPSA) is 32.6 Å². The van der Waals surface area contributed by atoms with Gasteiger partial charge >= 0.3 is 0 Å². The molecule has 0 aromatic heterocycles. The molecule has 0 radical (unpaired) electrons. The summed E-state index contributed by atoms with van der Waals surface area (Å²) in [6.45, 7) is 0. The highest BCUT2D eigenvalue weighted by molar-refractivity contribution is 6.01. The van der Waals surface area contributed by atoms with Crippen LogP contribution in [0.15, 0.2) is 53.7 Å². The molecule has 0 atom stereocenters. The van der Waals surface area contributed by atoms with E-state index < -0.39 is 11.6 Å². The second-order valence-corrected chi connectivity index (χ2v) is 3.79. The van der Waals surface area contributed by atoms with Crippen molar-refractivity contribution in [2.24, 2.45) is 5.16 Å². The van der Waals surface area contributed by atoms with Crippen LogP contribution in [0.2, 0.25) is 0 Å². The summed E-state index contributed by atoms with van der Waals surface area (Å²) in [5.74, 6) is -0.906. The van der Waals surface area contributed by atoms with Crippen LogP contribution in [0.4, 0.5) is 8.78 Å². The maximum atomic E-state index is 13.5. The van der Waals surface area contributed by atoms with Crippen molar-refractivity contribution >= 4 is 5.71 Å². The first kappa shape index (κ1) is 12.2. The van der Waals surface area contributed by atoms with Gasteiger partial charge in [0.05, 0.1) is 5.71 Å². The van der Waals surface area contributed by atoms with Crippen molar-refractivity contribution in [3.63, 3.8) is 0 Å². The number of rotatable bonds is 3. The lowest BCUT2D eigenvalue weighted by Gasteiger charge is -2.06. The average Bonchev–Trinajstić information content (AvgIpc) is 2.39. The molecule has 2 aromatic rings. The summed E-state index contributed by atoms with van der Waals surface area (Å²) < 4.78 is 27.0. The maximum Gasteiger partial charge on any atom is 0.132 e. The van der Waals surface area contributed by atoms with E-state index >= 15 is 0 Å². The van der Waals surface area contributed by atoms with Gasteiger partial charge in [-0.2, -0.15) is 0 Å². The standard InChI is InChI=1S/C14H11F2NO/c15-12-7-3-1-5-10(12)9-14(17-18)11-6-2-4-8-13(11)16/h1-8,18H,9H2/b17-14+. The van der Waals surface area contributed by atoms with Crippen LogP contribution in [0.5, 0.6) is 0 Å². The highest BCUT2D eigenvalue weighted by Gasteiger charge is 2.12. The van der Waals surface area contributed by atoms with Gasteiger partial charge in [0.25, 0.3) is 0 Å². The summed E-state index contributed by atoms with van der Waals surface area (Å²) in [7, 11) is 0. The van der Waals surface area contributed by atoms with Gasteiger partial charge in [0.2, 0.25) is 0 Å². The van der Waals surface area contributed by atoms with E-state index in [2.05, 4.69) is 5.16 Å². The molecular weight excluding hydrogens is 236 g/mol. The van der Waals surface area contributed by atoms with Crippen molar-refractivity contribution < 1.29 is 14.0 Å². The molecule has 0 saturated heterocycles. The lowest BCUT2D eigenvalue weighted by atomic mass is 10.0. The van der Waals surface area contributed by atoms with Crippen LogP contribution in [-0.4, -0.2) is 10.9 Å². The minimum Gasteiger partial charge on any atom is -0.411 e. The van der Waals surface area contributed by atoms with E-state index in [9.17, 15) is 8.78 Å². The Hall–Kier alpha value is -2.23. The van der Waals surface area contributed by atoms with Crippen LogP contribution in [0.3, 0.4) is 0 Å². The molecule has 0 aliphatic rings. The second kappa shape index (κ2) is 5.40. The van der Waals surface area contributed by atoms with Gasteiger partial charge in [-0.05, 0) is 17.7 Å². The SMILES string of the molecule is O/N=C(\Cc1ccccc1F)c1ccccc1F. The molecule has 2 rings (SSSR count). The Bertz CT molecular complexity index is 582. The molecule has 0 saturated carbocycles. The Morgan fingerprint density at radius 1 is 0.944 bits per heavy atom. The van der Waals surface area contributed by atoms with Crippen LogP contribution in [0.25, 0.3) is 0 Å². The smallest absolute Gasteiger partial charge is 0.132 e. The zero-order valence-corrected chi connectivity index (χ0v) is 9.48. The highest BCUT2D eigenvalue weighted by atomic mass is 19.1.